The molecule has 1 aliphatic carbocycles. The van der Waals surface area contributed by atoms with E-state index >= 15 is 0 Å². The molecule has 2 nitrogen and oxygen atoms in total. The number of rotatable bonds is 3. The first-order valence-corrected chi connectivity index (χ1v) is 4.16. The molecule has 0 bridgehead atoms. The van der Waals surface area contributed by atoms with Crippen LogP contribution in [0.3, 0.4) is 0 Å². The second kappa shape index (κ2) is 2.97. The van der Waals surface area contributed by atoms with Crippen molar-refractivity contribution in [1.29, 1.82) is 0 Å². The molecule has 0 heterocycles. The van der Waals surface area contributed by atoms with Gasteiger partial charge in [0.05, 0.1) is 0 Å². The predicted molar refractivity (Wildman–Crippen MR) is 46.8 cm³/mol. The van der Waals surface area contributed by atoms with Crippen LogP contribution in [0.25, 0.3) is 0 Å². The van der Waals surface area contributed by atoms with Gasteiger partial charge in [0, 0.05) is 12.0 Å². The highest BCUT2D eigenvalue weighted by Crippen LogP contribution is 2.40. The van der Waals surface area contributed by atoms with Crippen molar-refractivity contribution in [1.82, 2.24) is 5.32 Å². The van der Waals surface area contributed by atoms with Gasteiger partial charge < -0.3 is 5.32 Å². The summed E-state index contributed by atoms with van der Waals surface area (Å²) in [6, 6.07) is 10.7. The summed E-state index contributed by atoms with van der Waals surface area (Å²) in [5.41, 5.74) is 1.33. The van der Waals surface area contributed by atoms with Crippen molar-refractivity contribution < 1.29 is 4.79 Å². The summed E-state index contributed by atoms with van der Waals surface area (Å²) in [6.45, 7) is 0. The van der Waals surface area contributed by atoms with Crippen molar-refractivity contribution in [2.24, 2.45) is 0 Å². The zero-order chi connectivity index (χ0) is 8.39. The van der Waals surface area contributed by atoms with Crippen LogP contribution in [-0.2, 0) is 4.79 Å². The van der Waals surface area contributed by atoms with E-state index in [0.717, 1.165) is 12.8 Å². The molecule has 2 heteroatoms. The Morgan fingerprint density at radius 1 is 1.33 bits per heavy atom. The van der Waals surface area contributed by atoms with Gasteiger partial charge >= 0.3 is 0 Å². The third-order valence-corrected chi connectivity index (χ3v) is 2.30. The number of hydrogen-bond donors (Lipinski definition) is 1. The van der Waals surface area contributed by atoms with Crippen LogP contribution in [0, 0.1) is 0 Å². The molecule has 1 unspecified atom stereocenters. The van der Waals surface area contributed by atoms with E-state index in [2.05, 4.69) is 17.4 Å². The Morgan fingerprint density at radius 2 is 2.08 bits per heavy atom. The van der Waals surface area contributed by atoms with Crippen LogP contribution >= 0.6 is 0 Å². The molecule has 1 aliphatic rings. The SMILES string of the molecule is O=CNC1C[C@H]1c1ccccc1. The van der Waals surface area contributed by atoms with Crippen molar-refractivity contribution in [2.75, 3.05) is 0 Å². The molecular formula is C10H11NO. The summed E-state index contributed by atoms with van der Waals surface area (Å²) in [4.78, 5) is 10.1. The lowest BCUT2D eigenvalue weighted by atomic mass is 10.1. The summed E-state index contributed by atoms with van der Waals surface area (Å²) in [7, 11) is 0. The topological polar surface area (TPSA) is 29.1 Å². The molecule has 0 aliphatic heterocycles. The van der Waals surface area contributed by atoms with Crippen molar-refractivity contribution in [3.05, 3.63) is 35.9 Å². The van der Waals surface area contributed by atoms with E-state index in [1.54, 1.807) is 0 Å². The van der Waals surface area contributed by atoms with Gasteiger partial charge in [-0.1, -0.05) is 30.3 Å². The first-order chi connectivity index (χ1) is 5.92. The van der Waals surface area contributed by atoms with Crippen LogP contribution in [0.2, 0.25) is 0 Å². The van der Waals surface area contributed by atoms with E-state index in [0.29, 0.717) is 12.0 Å². The minimum absolute atomic E-state index is 0.380. The predicted octanol–water partition coefficient (Wildman–Crippen LogP) is 1.29. The molecule has 1 amide bonds. The molecule has 2 atom stereocenters. The quantitative estimate of drug-likeness (QED) is 0.665. The second-order valence-electron chi connectivity index (χ2n) is 3.14. The van der Waals surface area contributed by atoms with Gasteiger partial charge in [0.15, 0.2) is 0 Å². The average Bonchev–Trinajstić information content (AvgIpc) is 2.87. The number of nitrogens with one attached hydrogen (secondary N) is 1. The van der Waals surface area contributed by atoms with Crippen LogP contribution in [0.4, 0.5) is 0 Å². The van der Waals surface area contributed by atoms with E-state index in [4.69, 9.17) is 0 Å². The van der Waals surface area contributed by atoms with E-state index in [1.807, 2.05) is 18.2 Å². The zero-order valence-electron chi connectivity index (χ0n) is 6.73. The highest BCUT2D eigenvalue weighted by Gasteiger charge is 2.37. The van der Waals surface area contributed by atoms with E-state index in [9.17, 15) is 4.79 Å². The minimum Gasteiger partial charge on any atom is -0.355 e. The molecule has 1 aromatic rings. The van der Waals surface area contributed by atoms with Crippen molar-refractivity contribution in [2.45, 2.75) is 18.4 Å². The summed E-state index contributed by atoms with van der Waals surface area (Å²) < 4.78 is 0. The average molecular weight is 161 g/mol. The lowest BCUT2D eigenvalue weighted by molar-refractivity contribution is -0.109. The van der Waals surface area contributed by atoms with Gasteiger partial charge in [-0.25, -0.2) is 0 Å². The summed E-state index contributed by atoms with van der Waals surface area (Å²) in [5.74, 6) is 0.552. The Kier molecular flexibility index (Phi) is 1.82. The number of hydrogen-bond acceptors (Lipinski definition) is 1. The maximum atomic E-state index is 10.1. The molecule has 1 aromatic carbocycles. The highest BCUT2D eigenvalue weighted by molar-refractivity contribution is 5.49. The first-order valence-electron chi connectivity index (χ1n) is 4.16. The van der Waals surface area contributed by atoms with Crippen LogP contribution in [0.15, 0.2) is 30.3 Å². The Hall–Kier alpha value is -1.31. The smallest absolute Gasteiger partial charge is 0.207 e. The maximum absolute atomic E-state index is 10.1. The number of amides is 1. The van der Waals surface area contributed by atoms with Crippen LogP contribution in [0.1, 0.15) is 17.9 Å². The molecule has 0 aromatic heterocycles. The Balaban J connectivity index is 2.01. The van der Waals surface area contributed by atoms with Crippen molar-refractivity contribution in [3.8, 4) is 0 Å². The molecule has 12 heavy (non-hydrogen) atoms. The van der Waals surface area contributed by atoms with Crippen LogP contribution in [0.5, 0.6) is 0 Å². The van der Waals surface area contributed by atoms with Gasteiger partial charge in [0.1, 0.15) is 0 Å². The Morgan fingerprint density at radius 3 is 2.75 bits per heavy atom. The summed E-state index contributed by atoms with van der Waals surface area (Å²) >= 11 is 0. The third-order valence-electron chi connectivity index (χ3n) is 2.30. The molecule has 1 fully saturated rings. The molecule has 0 radical (unpaired) electrons. The Labute approximate surface area is 71.6 Å². The van der Waals surface area contributed by atoms with Crippen molar-refractivity contribution >= 4 is 6.41 Å². The molecule has 1 saturated carbocycles. The molecular weight excluding hydrogens is 150 g/mol. The van der Waals surface area contributed by atoms with E-state index < -0.39 is 0 Å². The lowest BCUT2D eigenvalue weighted by Gasteiger charge is -1.97. The highest BCUT2D eigenvalue weighted by atomic mass is 16.1. The first kappa shape index (κ1) is 7.35. The van der Waals surface area contributed by atoms with Gasteiger partial charge in [0.25, 0.3) is 0 Å². The summed E-state index contributed by atoms with van der Waals surface area (Å²) in [5, 5.41) is 2.79. The minimum atomic E-state index is 0.380. The Bertz CT molecular complexity index is 270. The molecule has 2 rings (SSSR count). The maximum Gasteiger partial charge on any atom is 0.207 e. The van der Waals surface area contributed by atoms with Gasteiger partial charge in [-0.3, -0.25) is 4.79 Å². The molecule has 0 spiro atoms. The van der Waals surface area contributed by atoms with E-state index in [1.165, 1.54) is 5.56 Å². The fourth-order valence-electron chi connectivity index (χ4n) is 1.54. The van der Waals surface area contributed by atoms with Gasteiger partial charge in [-0.2, -0.15) is 0 Å². The molecule has 0 saturated heterocycles. The third kappa shape index (κ3) is 1.33. The number of carbonyl (C=O) groups is 1. The number of carbonyl (C=O) groups excluding carboxylic acids is 1. The fraction of sp³-hybridized carbons (Fsp3) is 0.300. The van der Waals surface area contributed by atoms with Gasteiger partial charge in [-0.15, -0.1) is 0 Å². The monoisotopic (exact) mass is 161 g/mol. The largest absolute Gasteiger partial charge is 0.355 e. The van der Waals surface area contributed by atoms with Crippen LogP contribution < -0.4 is 5.32 Å². The molecule has 62 valence electrons. The zero-order valence-corrected chi connectivity index (χ0v) is 6.73. The van der Waals surface area contributed by atoms with Gasteiger partial charge in [-0.05, 0) is 12.0 Å². The van der Waals surface area contributed by atoms with Crippen molar-refractivity contribution in [3.63, 3.8) is 0 Å². The normalized spacial score (nSPS) is 26.3. The number of benzene rings is 1. The van der Waals surface area contributed by atoms with Gasteiger partial charge in [0.2, 0.25) is 6.41 Å². The van der Waals surface area contributed by atoms with Crippen LogP contribution in [-0.4, -0.2) is 12.5 Å². The lowest BCUT2D eigenvalue weighted by Crippen LogP contribution is -2.14. The fourth-order valence-corrected chi connectivity index (χ4v) is 1.54. The van der Waals surface area contributed by atoms with E-state index in [-0.39, 0.29) is 0 Å². The standard InChI is InChI=1S/C10H11NO/c12-7-11-10-6-9(10)8-4-2-1-3-5-8/h1-5,7,9-10H,6H2,(H,11,12)/t9-,10?/m0/s1. The summed E-state index contributed by atoms with van der Waals surface area (Å²) in [6.07, 6.45) is 1.87. The second-order valence-corrected chi connectivity index (χ2v) is 3.14. The molecule has 1 N–H and O–H groups in total.